The lowest BCUT2D eigenvalue weighted by molar-refractivity contribution is 0.439. The van der Waals surface area contributed by atoms with Gasteiger partial charge in [-0.1, -0.05) is 42.5 Å². The van der Waals surface area contributed by atoms with E-state index in [4.69, 9.17) is 0 Å². The van der Waals surface area contributed by atoms with Gasteiger partial charge in [-0.3, -0.25) is 0 Å². The molecule has 1 aliphatic carbocycles. The third-order valence-electron chi connectivity index (χ3n) is 3.52. The number of nitriles is 1. The van der Waals surface area contributed by atoms with Gasteiger partial charge in [-0.25, -0.2) is 0 Å². The standard InChI is InChI=1S/C16H20N2/c17-11-16(15-9-5-2-6-10-15)13-18-12-14-7-3-1-4-8-14/h1-3,5-6,9-10,14,16,18H,4,7-8,12-13H2. The Kier molecular flexibility index (Phi) is 4.99. The normalized spacial score (nSPS) is 20.3. The van der Waals surface area contributed by atoms with Crippen LogP contribution in [0.4, 0.5) is 0 Å². The highest BCUT2D eigenvalue weighted by molar-refractivity contribution is 5.24. The molecule has 0 heterocycles. The SMILES string of the molecule is N#CC(CNCC1CC=CCC1)c1ccccc1. The maximum atomic E-state index is 9.22. The number of hydrogen-bond donors (Lipinski definition) is 1. The van der Waals surface area contributed by atoms with Gasteiger partial charge in [-0.2, -0.15) is 5.26 Å². The van der Waals surface area contributed by atoms with Crippen molar-refractivity contribution in [3.05, 3.63) is 48.0 Å². The van der Waals surface area contributed by atoms with Crippen LogP contribution in [-0.4, -0.2) is 13.1 Å². The molecular weight excluding hydrogens is 220 g/mol. The summed E-state index contributed by atoms with van der Waals surface area (Å²) in [5.74, 6) is 0.704. The van der Waals surface area contributed by atoms with Crippen LogP contribution in [0.25, 0.3) is 0 Å². The molecule has 1 aromatic carbocycles. The van der Waals surface area contributed by atoms with Crippen LogP contribution in [0, 0.1) is 17.2 Å². The Morgan fingerprint density at radius 1 is 1.28 bits per heavy atom. The Morgan fingerprint density at radius 2 is 2.11 bits per heavy atom. The molecule has 2 rings (SSSR count). The molecule has 0 bridgehead atoms. The molecule has 0 radical (unpaired) electrons. The number of nitrogens with one attached hydrogen (secondary N) is 1. The maximum absolute atomic E-state index is 9.22. The van der Waals surface area contributed by atoms with Crippen LogP contribution < -0.4 is 5.32 Å². The van der Waals surface area contributed by atoms with E-state index in [2.05, 4.69) is 23.5 Å². The van der Waals surface area contributed by atoms with Gasteiger partial charge in [0.05, 0.1) is 12.0 Å². The molecule has 0 saturated carbocycles. The third kappa shape index (κ3) is 3.72. The maximum Gasteiger partial charge on any atom is 0.0837 e. The minimum Gasteiger partial charge on any atom is -0.315 e. The van der Waals surface area contributed by atoms with E-state index in [-0.39, 0.29) is 5.92 Å². The molecule has 0 aliphatic heterocycles. The lowest BCUT2D eigenvalue weighted by Crippen LogP contribution is -2.27. The summed E-state index contributed by atoms with van der Waals surface area (Å²) in [6.07, 6.45) is 8.18. The van der Waals surface area contributed by atoms with Gasteiger partial charge in [0, 0.05) is 6.54 Å². The lowest BCUT2D eigenvalue weighted by atomic mass is 9.94. The molecule has 0 saturated heterocycles. The average Bonchev–Trinajstić information content (AvgIpc) is 2.46. The van der Waals surface area contributed by atoms with Crippen LogP contribution in [0.3, 0.4) is 0 Å². The lowest BCUT2D eigenvalue weighted by Gasteiger charge is -2.19. The van der Waals surface area contributed by atoms with E-state index < -0.39 is 0 Å². The topological polar surface area (TPSA) is 35.8 Å². The summed E-state index contributed by atoms with van der Waals surface area (Å²) in [5.41, 5.74) is 1.11. The van der Waals surface area contributed by atoms with Crippen molar-refractivity contribution in [2.24, 2.45) is 5.92 Å². The highest BCUT2D eigenvalue weighted by atomic mass is 14.9. The van der Waals surface area contributed by atoms with Crippen molar-refractivity contribution in [2.45, 2.75) is 25.2 Å². The van der Waals surface area contributed by atoms with Crippen molar-refractivity contribution < 1.29 is 0 Å². The molecule has 0 fully saturated rings. The number of hydrogen-bond acceptors (Lipinski definition) is 2. The van der Waals surface area contributed by atoms with Crippen molar-refractivity contribution in [3.63, 3.8) is 0 Å². The summed E-state index contributed by atoms with van der Waals surface area (Å²) in [7, 11) is 0. The number of allylic oxidation sites excluding steroid dienone is 2. The van der Waals surface area contributed by atoms with Gasteiger partial charge in [-0.15, -0.1) is 0 Å². The zero-order valence-corrected chi connectivity index (χ0v) is 10.7. The second kappa shape index (κ2) is 6.98. The van der Waals surface area contributed by atoms with Crippen LogP contribution in [0.15, 0.2) is 42.5 Å². The fraction of sp³-hybridized carbons (Fsp3) is 0.438. The van der Waals surface area contributed by atoms with Gasteiger partial charge in [-0.05, 0) is 37.3 Å². The van der Waals surface area contributed by atoms with Crippen LogP contribution in [0.2, 0.25) is 0 Å². The molecule has 1 N–H and O–H groups in total. The molecule has 94 valence electrons. The minimum atomic E-state index is -0.0367. The van der Waals surface area contributed by atoms with Crippen molar-refractivity contribution in [1.29, 1.82) is 5.26 Å². The number of nitrogens with zero attached hydrogens (tertiary/aromatic N) is 1. The summed E-state index contributed by atoms with van der Waals surface area (Å²) in [4.78, 5) is 0. The molecule has 2 nitrogen and oxygen atoms in total. The summed E-state index contributed by atoms with van der Waals surface area (Å²) in [6, 6.07) is 12.4. The molecule has 1 aromatic rings. The van der Waals surface area contributed by atoms with Gasteiger partial charge >= 0.3 is 0 Å². The van der Waals surface area contributed by atoms with E-state index in [0.717, 1.165) is 24.6 Å². The summed E-state index contributed by atoms with van der Waals surface area (Å²) < 4.78 is 0. The fourth-order valence-electron chi connectivity index (χ4n) is 2.40. The van der Waals surface area contributed by atoms with Crippen molar-refractivity contribution in [1.82, 2.24) is 5.32 Å². The summed E-state index contributed by atoms with van der Waals surface area (Å²) in [6.45, 7) is 1.77. The Bertz CT molecular complexity index is 416. The zero-order chi connectivity index (χ0) is 12.6. The summed E-state index contributed by atoms with van der Waals surface area (Å²) >= 11 is 0. The first-order chi connectivity index (χ1) is 8.90. The van der Waals surface area contributed by atoms with E-state index in [1.54, 1.807) is 0 Å². The second-order valence-electron chi connectivity index (χ2n) is 4.90. The predicted molar refractivity (Wildman–Crippen MR) is 74.1 cm³/mol. The van der Waals surface area contributed by atoms with Crippen molar-refractivity contribution in [2.75, 3.05) is 13.1 Å². The van der Waals surface area contributed by atoms with Crippen LogP contribution in [0.5, 0.6) is 0 Å². The van der Waals surface area contributed by atoms with Crippen LogP contribution in [0.1, 0.15) is 30.7 Å². The van der Waals surface area contributed by atoms with Gasteiger partial charge in [0.25, 0.3) is 0 Å². The Hall–Kier alpha value is -1.59. The first kappa shape index (κ1) is 12.9. The molecule has 2 atom stereocenters. The Morgan fingerprint density at radius 3 is 2.78 bits per heavy atom. The molecule has 0 spiro atoms. The highest BCUT2D eigenvalue weighted by Gasteiger charge is 2.12. The molecule has 18 heavy (non-hydrogen) atoms. The smallest absolute Gasteiger partial charge is 0.0837 e. The highest BCUT2D eigenvalue weighted by Crippen LogP contribution is 2.18. The fourth-order valence-corrected chi connectivity index (χ4v) is 2.40. The third-order valence-corrected chi connectivity index (χ3v) is 3.52. The zero-order valence-electron chi connectivity index (χ0n) is 10.7. The molecular formula is C16H20N2. The number of rotatable bonds is 5. The van der Waals surface area contributed by atoms with E-state index in [1.165, 1.54) is 19.3 Å². The first-order valence-corrected chi connectivity index (χ1v) is 6.70. The van der Waals surface area contributed by atoms with Crippen molar-refractivity contribution in [3.8, 4) is 6.07 Å². The first-order valence-electron chi connectivity index (χ1n) is 6.70. The van der Waals surface area contributed by atoms with Gasteiger partial charge < -0.3 is 5.32 Å². The van der Waals surface area contributed by atoms with E-state index in [1.807, 2.05) is 30.3 Å². The largest absolute Gasteiger partial charge is 0.315 e. The van der Waals surface area contributed by atoms with E-state index in [0.29, 0.717) is 0 Å². The molecule has 0 aromatic heterocycles. The van der Waals surface area contributed by atoms with Gasteiger partial charge in [0.1, 0.15) is 0 Å². The van der Waals surface area contributed by atoms with E-state index >= 15 is 0 Å². The molecule has 1 aliphatic rings. The quantitative estimate of drug-likeness (QED) is 0.802. The Balaban J connectivity index is 1.78. The van der Waals surface area contributed by atoms with Gasteiger partial charge in [0.15, 0.2) is 0 Å². The monoisotopic (exact) mass is 240 g/mol. The molecule has 2 heteroatoms. The summed E-state index contributed by atoms with van der Waals surface area (Å²) in [5, 5.41) is 12.7. The van der Waals surface area contributed by atoms with Gasteiger partial charge in [0.2, 0.25) is 0 Å². The average molecular weight is 240 g/mol. The molecule has 0 amide bonds. The van der Waals surface area contributed by atoms with E-state index in [9.17, 15) is 5.26 Å². The van der Waals surface area contributed by atoms with Crippen molar-refractivity contribution >= 4 is 0 Å². The Labute approximate surface area is 109 Å². The number of benzene rings is 1. The van der Waals surface area contributed by atoms with Crippen LogP contribution in [-0.2, 0) is 0 Å². The molecule has 2 unspecified atom stereocenters. The minimum absolute atomic E-state index is 0.0367. The predicted octanol–water partition coefficient (Wildman–Crippen LogP) is 3.24. The second-order valence-corrected chi connectivity index (χ2v) is 4.90. The van der Waals surface area contributed by atoms with Crippen LogP contribution >= 0.6 is 0 Å².